The van der Waals surface area contributed by atoms with E-state index in [9.17, 15) is 4.39 Å². The van der Waals surface area contributed by atoms with Crippen LogP contribution in [-0.4, -0.2) is 6.67 Å². The van der Waals surface area contributed by atoms with Gasteiger partial charge in [0.15, 0.2) is 0 Å². The number of halogens is 1. The Bertz CT molecular complexity index is 449. The lowest BCUT2D eigenvalue weighted by Gasteiger charge is -2.04. The molecule has 0 saturated carbocycles. The van der Waals surface area contributed by atoms with Crippen LogP contribution < -0.4 is 10.7 Å². The Morgan fingerprint density at radius 1 is 1.23 bits per heavy atom. The minimum atomic E-state index is -0.172. The Hall–Kier alpha value is -1.25. The van der Waals surface area contributed by atoms with Gasteiger partial charge in [0.1, 0.15) is 12.5 Å². The van der Waals surface area contributed by atoms with Gasteiger partial charge in [-0.1, -0.05) is 13.8 Å². The molecule has 0 bridgehead atoms. The Morgan fingerprint density at radius 3 is 2.46 bits per heavy atom. The molecule has 1 aromatic rings. The van der Waals surface area contributed by atoms with Crippen LogP contribution in [0.5, 0.6) is 0 Å². The average molecular weight is 178 g/mol. The lowest BCUT2D eigenvalue weighted by atomic mass is 10.0. The van der Waals surface area contributed by atoms with Crippen LogP contribution in [0.25, 0.3) is 0 Å². The molecule has 2 rings (SSSR count). The first-order valence-corrected chi connectivity index (χ1v) is 4.37. The topological polar surface area (TPSA) is 24.7 Å². The maximum Gasteiger partial charge on any atom is 0.130 e. The van der Waals surface area contributed by atoms with E-state index in [1.54, 1.807) is 6.07 Å². The lowest BCUT2D eigenvalue weighted by molar-refractivity contribution is 0.595. The van der Waals surface area contributed by atoms with Crippen LogP contribution in [-0.2, 0) is 0 Å². The summed E-state index contributed by atoms with van der Waals surface area (Å²) in [6, 6.07) is 3.27. The highest BCUT2D eigenvalue weighted by Crippen LogP contribution is 2.14. The summed E-state index contributed by atoms with van der Waals surface area (Å²) < 4.78 is 13.4. The molecule has 0 amide bonds. The molecule has 3 heteroatoms. The van der Waals surface area contributed by atoms with Gasteiger partial charge in [-0.25, -0.2) is 4.39 Å². The van der Waals surface area contributed by atoms with Crippen molar-refractivity contribution in [2.24, 2.45) is 9.98 Å². The third-order valence-electron chi connectivity index (χ3n) is 2.20. The number of hydrogen-bond acceptors (Lipinski definition) is 2. The first kappa shape index (κ1) is 8.35. The van der Waals surface area contributed by atoms with E-state index in [0.29, 0.717) is 12.0 Å². The van der Waals surface area contributed by atoms with Crippen LogP contribution in [0.2, 0.25) is 0 Å². The fourth-order valence-electron chi connectivity index (χ4n) is 1.45. The van der Waals surface area contributed by atoms with Gasteiger partial charge in [-0.3, -0.25) is 9.98 Å². The highest BCUT2D eigenvalue weighted by atomic mass is 19.1. The van der Waals surface area contributed by atoms with Crippen molar-refractivity contribution in [2.75, 3.05) is 6.67 Å². The standard InChI is InChI=1S/C10H11FN2/c1-6(2)7-3-9-10(4-8(7)11)13-5-12-9/h3-4,6H,5H2,1-2H3. The van der Waals surface area contributed by atoms with Crippen molar-refractivity contribution >= 4 is 0 Å². The van der Waals surface area contributed by atoms with Gasteiger partial charge in [0.05, 0.1) is 10.7 Å². The molecule has 0 aromatic heterocycles. The monoisotopic (exact) mass is 178 g/mol. The van der Waals surface area contributed by atoms with Crippen LogP contribution >= 0.6 is 0 Å². The normalized spacial score (nSPS) is 13.8. The van der Waals surface area contributed by atoms with Gasteiger partial charge in [-0.2, -0.15) is 0 Å². The molecule has 1 aromatic carbocycles. The fraction of sp³-hybridized carbons (Fsp3) is 0.400. The van der Waals surface area contributed by atoms with Gasteiger partial charge in [-0.15, -0.1) is 0 Å². The minimum Gasteiger partial charge on any atom is -0.260 e. The number of fused-ring (bicyclic) bond motifs is 1. The van der Waals surface area contributed by atoms with Crippen molar-refractivity contribution in [3.8, 4) is 0 Å². The van der Waals surface area contributed by atoms with E-state index >= 15 is 0 Å². The number of hydrogen-bond donors (Lipinski definition) is 0. The summed E-state index contributed by atoms with van der Waals surface area (Å²) in [4.78, 5) is 8.20. The fourth-order valence-corrected chi connectivity index (χ4v) is 1.45. The number of rotatable bonds is 1. The minimum absolute atomic E-state index is 0.172. The van der Waals surface area contributed by atoms with E-state index in [4.69, 9.17) is 0 Å². The SMILES string of the molecule is CC(C)c1cc2c(cc1F)=NCN=2. The summed E-state index contributed by atoms with van der Waals surface area (Å²) in [5.74, 6) is 0.0238. The zero-order valence-corrected chi connectivity index (χ0v) is 7.71. The molecule has 0 fully saturated rings. The molecule has 0 N–H and O–H groups in total. The second-order valence-corrected chi connectivity index (χ2v) is 3.47. The molecule has 0 unspecified atom stereocenters. The van der Waals surface area contributed by atoms with Crippen LogP contribution in [0.15, 0.2) is 22.1 Å². The summed E-state index contributed by atoms with van der Waals surface area (Å²) in [6.07, 6.45) is 0. The van der Waals surface area contributed by atoms with Gasteiger partial charge in [0, 0.05) is 6.07 Å². The number of benzene rings is 1. The largest absolute Gasteiger partial charge is 0.260 e. The van der Waals surface area contributed by atoms with Crippen molar-refractivity contribution in [3.63, 3.8) is 0 Å². The predicted octanol–water partition coefficient (Wildman–Crippen LogP) is 1.16. The molecular formula is C10H11FN2. The Balaban J connectivity index is 2.71. The first-order chi connectivity index (χ1) is 6.18. The molecule has 0 radical (unpaired) electrons. The molecule has 0 spiro atoms. The van der Waals surface area contributed by atoms with Crippen molar-refractivity contribution in [3.05, 3.63) is 34.2 Å². The third-order valence-corrected chi connectivity index (χ3v) is 2.20. The van der Waals surface area contributed by atoms with Gasteiger partial charge in [0.25, 0.3) is 0 Å². The maximum absolute atomic E-state index is 13.4. The zero-order valence-electron chi connectivity index (χ0n) is 7.71. The molecule has 0 aliphatic carbocycles. The highest BCUT2D eigenvalue weighted by Gasteiger charge is 2.08. The molecule has 2 nitrogen and oxygen atoms in total. The molecule has 13 heavy (non-hydrogen) atoms. The molecular weight excluding hydrogens is 167 g/mol. The summed E-state index contributed by atoms with van der Waals surface area (Å²) in [7, 11) is 0. The number of nitrogens with zero attached hydrogens (tertiary/aromatic N) is 2. The van der Waals surface area contributed by atoms with E-state index < -0.39 is 0 Å². The molecule has 1 aliphatic rings. The van der Waals surface area contributed by atoms with Crippen molar-refractivity contribution < 1.29 is 4.39 Å². The van der Waals surface area contributed by atoms with Crippen LogP contribution in [0.4, 0.5) is 4.39 Å². The smallest absolute Gasteiger partial charge is 0.130 e. The Labute approximate surface area is 75.8 Å². The van der Waals surface area contributed by atoms with Crippen LogP contribution in [0.1, 0.15) is 25.3 Å². The maximum atomic E-state index is 13.4. The zero-order chi connectivity index (χ0) is 9.42. The van der Waals surface area contributed by atoms with E-state index in [1.165, 1.54) is 6.07 Å². The van der Waals surface area contributed by atoms with Crippen molar-refractivity contribution in [1.29, 1.82) is 0 Å². The second-order valence-electron chi connectivity index (χ2n) is 3.47. The van der Waals surface area contributed by atoms with E-state index in [-0.39, 0.29) is 11.7 Å². The lowest BCUT2D eigenvalue weighted by Crippen LogP contribution is -2.23. The molecule has 0 atom stereocenters. The van der Waals surface area contributed by atoms with E-state index in [2.05, 4.69) is 9.98 Å². The average Bonchev–Trinajstić information content (AvgIpc) is 2.48. The van der Waals surface area contributed by atoms with Crippen molar-refractivity contribution in [2.45, 2.75) is 19.8 Å². The summed E-state index contributed by atoms with van der Waals surface area (Å²) in [5, 5.41) is 1.51. The van der Waals surface area contributed by atoms with Crippen LogP contribution in [0.3, 0.4) is 0 Å². The van der Waals surface area contributed by atoms with E-state index in [1.807, 2.05) is 13.8 Å². The molecule has 68 valence electrons. The first-order valence-electron chi connectivity index (χ1n) is 4.37. The third kappa shape index (κ3) is 1.34. The summed E-state index contributed by atoms with van der Waals surface area (Å²) in [6.45, 7) is 4.38. The van der Waals surface area contributed by atoms with Gasteiger partial charge in [-0.05, 0) is 17.5 Å². The summed E-state index contributed by atoms with van der Waals surface area (Å²) in [5.41, 5.74) is 0.722. The molecule has 1 aliphatic heterocycles. The molecule has 0 saturated heterocycles. The van der Waals surface area contributed by atoms with Crippen molar-refractivity contribution in [1.82, 2.24) is 0 Å². The second kappa shape index (κ2) is 2.91. The summed E-state index contributed by atoms with van der Waals surface area (Å²) >= 11 is 0. The van der Waals surface area contributed by atoms with Gasteiger partial charge in [0.2, 0.25) is 0 Å². The van der Waals surface area contributed by atoms with Crippen LogP contribution in [0, 0.1) is 5.82 Å². The Morgan fingerprint density at radius 2 is 1.85 bits per heavy atom. The Kier molecular flexibility index (Phi) is 1.87. The highest BCUT2D eigenvalue weighted by molar-refractivity contribution is 5.20. The van der Waals surface area contributed by atoms with E-state index in [0.717, 1.165) is 10.9 Å². The molecule has 1 heterocycles. The van der Waals surface area contributed by atoms with Gasteiger partial charge >= 0.3 is 0 Å². The predicted molar refractivity (Wildman–Crippen MR) is 47.7 cm³/mol. The quantitative estimate of drug-likeness (QED) is 0.616. The van der Waals surface area contributed by atoms with Gasteiger partial charge < -0.3 is 0 Å².